The zero-order valence-electron chi connectivity index (χ0n) is 12.6. The van der Waals surface area contributed by atoms with E-state index in [2.05, 4.69) is 10.2 Å². The Bertz CT molecular complexity index is 318. The van der Waals surface area contributed by atoms with Crippen LogP contribution in [0, 0.1) is 5.92 Å². The van der Waals surface area contributed by atoms with Gasteiger partial charge in [0.25, 0.3) is 0 Å². The Morgan fingerprint density at radius 1 is 1.53 bits per heavy atom. The number of amides is 2. The molecule has 1 fully saturated rings. The highest BCUT2D eigenvalue weighted by atomic mass is 16.2. The van der Waals surface area contributed by atoms with Crippen molar-refractivity contribution in [1.29, 1.82) is 0 Å². The van der Waals surface area contributed by atoms with E-state index in [4.69, 9.17) is 0 Å². The molecule has 2 unspecified atom stereocenters. The van der Waals surface area contributed by atoms with Crippen molar-refractivity contribution in [3.63, 3.8) is 0 Å². The average molecular weight is 269 g/mol. The highest BCUT2D eigenvalue weighted by Gasteiger charge is 2.34. The van der Waals surface area contributed by atoms with Gasteiger partial charge in [-0.25, -0.2) is 0 Å². The molecule has 110 valence electrons. The summed E-state index contributed by atoms with van der Waals surface area (Å²) in [5.41, 5.74) is 0. The van der Waals surface area contributed by atoms with Crippen molar-refractivity contribution in [1.82, 2.24) is 15.1 Å². The first-order valence-corrected chi connectivity index (χ1v) is 7.17. The number of rotatable bonds is 7. The lowest BCUT2D eigenvalue weighted by Gasteiger charge is -2.18. The van der Waals surface area contributed by atoms with Gasteiger partial charge in [0, 0.05) is 25.6 Å². The van der Waals surface area contributed by atoms with E-state index in [1.165, 1.54) is 0 Å². The van der Waals surface area contributed by atoms with Gasteiger partial charge in [0.1, 0.15) is 0 Å². The molecule has 5 heteroatoms. The second-order valence-corrected chi connectivity index (χ2v) is 5.72. The first kappa shape index (κ1) is 16.0. The quantitative estimate of drug-likeness (QED) is 0.740. The zero-order valence-corrected chi connectivity index (χ0v) is 12.6. The van der Waals surface area contributed by atoms with Crippen LogP contribution in [0.15, 0.2) is 0 Å². The molecule has 0 aliphatic carbocycles. The van der Waals surface area contributed by atoms with Crippen LogP contribution in [-0.4, -0.2) is 61.4 Å². The lowest BCUT2D eigenvalue weighted by Crippen LogP contribution is -2.38. The zero-order chi connectivity index (χ0) is 14.4. The minimum absolute atomic E-state index is 0.0257. The fourth-order valence-electron chi connectivity index (χ4n) is 2.20. The number of likely N-dealkylation sites (tertiary alicyclic amines) is 1. The first-order valence-electron chi connectivity index (χ1n) is 7.17. The predicted octanol–water partition coefficient (Wildman–Crippen LogP) is 0.701. The van der Waals surface area contributed by atoms with Crippen molar-refractivity contribution in [3.8, 4) is 0 Å². The third kappa shape index (κ3) is 5.19. The fraction of sp³-hybridized carbons (Fsp3) is 0.857. The maximum Gasteiger partial charge on any atom is 0.225 e. The van der Waals surface area contributed by atoms with Crippen LogP contribution < -0.4 is 5.32 Å². The monoisotopic (exact) mass is 269 g/mol. The van der Waals surface area contributed by atoms with E-state index >= 15 is 0 Å². The van der Waals surface area contributed by atoms with Crippen LogP contribution in [0.3, 0.4) is 0 Å². The van der Waals surface area contributed by atoms with Crippen molar-refractivity contribution in [3.05, 3.63) is 0 Å². The molecule has 2 atom stereocenters. The van der Waals surface area contributed by atoms with E-state index < -0.39 is 0 Å². The van der Waals surface area contributed by atoms with Gasteiger partial charge in [-0.3, -0.25) is 9.59 Å². The van der Waals surface area contributed by atoms with E-state index in [-0.39, 0.29) is 23.8 Å². The summed E-state index contributed by atoms with van der Waals surface area (Å²) >= 11 is 0. The minimum atomic E-state index is -0.166. The van der Waals surface area contributed by atoms with Crippen LogP contribution in [0.5, 0.6) is 0 Å². The number of hydrogen-bond donors (Lipinski definition) is 1. The van der Waals surface area contributed by atoms with Gasteiger partial charge in [-0.15, -0.1) is 0 Å². The molecule has 5 nitrogen and oxygen atoms in total. The van der Waals surface area contributed by atoms with Crippen LogP contribution in [0.1, 0.15) is 33.1 Å². The Balaban J connectivity index is 2.37. The highest BCUT2D eigenvalue weighted by molar-refractivity contribution is 5.89. The molecule has 0 aromatic rings. The van der Waals surface area contributed by atoms with Gasteiger partial charge >= 0.3 is 0 Å². The molecule has 0 spiro atoms. The summed E-state index contributed by atoms with van der Waals surface area (Å²) in [6.07, 6.45) is 2.24. The van der Waals surface area contributed by atoms with E-state index in [1.54, 1.807) is 0 Å². The average Bonchev–Trinajstić information content (AvgIpc) is 2.70. The lowest BCUT2D eigenvalue weighted by molar-refractivity contribution is -0.129. The normalized spacial score (nSPS) is 21.0. The van der Waals surface area contributed by atoms with E-state index in [0.717, 1.165) is 25.9 Å². The molecule has 0 aromatic heterocycles. The van der Waals surface area contributed by atoms with E-state index in [9.17, 15) is 9.59 Å². The Morgan fingerprint density at radius 3 is 2.79 bits per heavy atom. The molecule has 2 amide bonds. The summed E-state index contributed by atoms with van der Waals surface area (Å²) in [4.78, 5) is 27.8. The molecule has 1 heterocycles. The van der Waals surface area contributed by atoms with Gasteiger partial charge in [0.15, 0.2) is 0 Å². The Morgan fingerprint density at radius 2 is 2.21 bits per heavy atom. The Labute approximate surface area is 116 Å². The SMILES string of the molecule is CCC(C)NC(=O)C1CC(=O)N(CCCN(C)C)C1. The van der Waals surface area contributed by atoms with Crippen LogP contribution in [0.2, 0.25) is 0 Å². The van der Waals surface area contributed by atoms with E-state index in [0.29, 0.717) is 13.0 Å². The second kappa shape index (κ2) is 7.48. The first-order chi connectivity index (χ1) is 8.93. The Hall–Kier alpha value is -1.10. The molecule has 1 aliphatic rings. The summed E-state index contributed by atoms with van der Waals surface area (Å²) in [5.74, 6) is -0.0262. The molecule has 1 saturated heterocycles. The lowest BCUT2D eigenvalue weighted by atomic mass is 10.1. The van der Waals surface area contributed by atoms with Gasteiger partial charge in [-0.2, -0.15) is 0 Å². The number of nitrogens with zero attached hydrogens (tertiary/aromatic N) is 2. The van der Waals surface area contributed by atoms with E-state index in [1.807, 2.05) is 32.8 Å². The van der Waals surface area contributed by atoms with Crippen LogP contribution >= 0.6 is 0 Å². The molecule has 1 rings (SSSR count). The maximum atomic E-state index is 12.0. The van der Waals surface area contributed by atoms with Gasteiger partial charge in [0.05, 0.1) is 5.92 Å². The molecular weight excluding hydrogens is 242 g/mol. The molecule has 1 aliphatic heterocycles. The van der Waals surface area contributed by atoms with Gasteiger partial charge in [0.2, 0.25) is 11.8 Å². The molecule has 0 saturated carbocycles. The molecule has 0 bridgehead atoms. The predicted molar refractivity (Wildman–Crippen MR) is 75.8 cm³/mol. The standard InChI is InChI=1S/C14H27N3O2/c1-5-11(2)15-14(19)12-9-13(18)17(10-12)8-6-7-16(3)4/h11-12H,5-10H2,1-4H3,(H,15,19). The second-order valence-electron chi connectivity index (χ2n) is 5.72. The summed E-state index contributed by atoms with van der Waals surface area (Å²) < 4.78 is 0. The van der Waals surface area contributed by atoms with Gasteiger partial charge in [-0.1, -0.05) is 6.92 Å². The topological polar surface area (TPSA) is 52.7 Å². The number of carbonyl (C=O) groups is 2. The third-order valence-corrected chi connectivity index (χ3v) is 3.62. The van der Waals surface area contributed by atoms with Gasteiger partial charge in [-0.05, 0) is 40.4 Å². The van der Waals surface area contributed by atoms with Crippen LogP contribution in [0.4, 0.5) is 0 Å². The molecule has 1 N–H and O–H groups in total. The Kier molecular flexibility index (Phi) is 6.28. The van der Waals surface area contributed by atoms with Crippen molar-refractivity contribution in [2.24, 2.45) is 5.92 Å². The summed E-state index contributed by atoms with van der Waals surface area (Å²) in [7, 11) is 4.04. The van der Waals surface area contributed by atoms with Crippen LogP contribution in [0.25, 0.3) is 0 Å². The number of hydrogen-bond acceptors (Lipinski definition) is 3. The molecule has 0 radical (unpaired) electrons. The summed E-state index contributed by atoms with van der Waals surface area (Å²) in [5, 5.41) is 2.96. The van der Waals surface area contributed by atoms with Gasteiger partial charge < -0.3 is 15.1 Å². The smallest absolute Gasteiger partial charge is 0.225 e. The molecule has 19 heavy (non-hydrogen) atoms. The van der Waals surface area contributed by atoms with Crippen LogP contribution in [-0.2, 0) is 9.59 Å². The number of carbonyl (C=O) groups excluding carboxylic acids is 2. The summed E-state index contributed by atoms with van der Waals surface area (Å²) in [6.45, 7) is 6.33. The third-order valence-electron chi connectivity index (χ3n) is 3.62. The highest BCUT2D eigenvalue weighted by Crippen LogP contribution is 2.18. The maximum absolute atomic E-state index is 12.0. The summed E-state index contributed by atoms with van der Waals surface area (Å²) in [6, 6.07) is 0.186. The van der Waals surface area contributed by atoms with Crippen molar-refractivity contribution < 1.29 is 9.59 Å². The van der Waals surface area contributed by atoms with Crippen molar-refractivity contribution in [2.75, 3.05) is 33.7 Å². The fourth-order valence-corrected chi connectivity index (χ4v) is 2.20. The molecular formula is C14H27N3O2. The minimum Gasteiger partial charge on any atom is -0.353 e. The number of nitrogens with one attached hydrogen (secondary N) is 1. The largest absolute Gasteiger partial charge is 0.353 e. The van der Waals surface area contributed by atoms with Crippen molar-refractivity contribution in [2.45, 2.75) is 39.2 Å². The van der Waals surface area contributed by atoms with Crippen molar-refractivity contribution >= 4 is 11.8 Å². The molecule has 0 aromatic carbocycles.